The van der Waals surface area contributed by atoms with Crippen molar-refractivity contribution in [1.29, 1.82) is 0 Å². The summed E-state index contributed by atoms with van der Waals surface area (Å²) in [5.74, 6) is 0.204. The van der Waals surface area contributed by atoms with E-state index in [1.165, 1.54) is 77.2 Å². The maximum atomic E-state index is 3.85. The van der Waals surface area contributed by atoms with Gasteiger partial charge in [0.2, 0.25) is 0 Å². The van der Waals surface area contributed by atoms with Crippen LogP contribution in [0.4, 0.5) is 0 Å². The van der Waals surface area contributed by atoms with Gasteiger partial charge in [0.25, 0.3) is 0 Å². The van der Waals surface area contributed by atoms with E-state index in [9.17, 15) is 0 Å². The Morgan fingerprint density at radius 3 is 1.93 bits per heavy atom. The van der Waals surface area contributed by atoms with Gasteiger partial charge in [-0.2, -0.15) is 0 Å². The first-order valence-electron chi connectivity index (χ1n) is 13.4. The SMILES string of the molecule is Cc1ccc2c(c1)[C-]=c1c-2cc(=C(c2ccccc2)c2ccccc2)c(C)c1C1C=Cc2cc(C)ccc21.[Cl-].[Cl-].[Zr+3]. The van der Waals surface area contributed by atoms with Crippen molar-refractivity contribution in [3.05, 3.63) is 170 Å². The van der Waals surface area contributed by atoms with E-state index in [0.717, 1.165) is 0 Å². The van der Waals surface area contributed by atoms with Gasteiger partial charge in [0.05, 0.1) is 0 Å². The van der Waals surface area contributed by atoms with Crippen molar-refractivity contribution in [2.75, 3.05) is 0 Å². The Balaban J connectivity index is 0.00000129. The third-order valence-corrected chi connectivity index (χ3v) is 8.11. The zero-order valence-corrected chi connectivity index (χ0v) is 27.3. The summed E-state index contributed by atoms with van der Waals surface area (Å²) in [4.78, 5) is 0. The fourth-order valence-electron chi connectivity index (χ4n) is 6.29. The van der Waals surface area contributed by atoms with Gasteiger partial charge < -0.3 is 24.8 Å². The Kier molecular flexibility index (Phi) is 9.45. The Labute approximate surface area is 274 Å². The van der Waals surface area contributed by atoms with Gasteiger partial charge >= 0.3 is 26.2 Å². The Bertz CT molecular complexity index is 1850. The summed E-state index contributed by atoms with van der Waals surface area (Å²) >= 11 is 0. The molecule has 199 valence electrons. The van der Waals surface area contributed by atoms with Crippen LogP contribution >= 0.6 is 0 Å². The van der Waals surface area contributed by atoms with Gasteiger partial charge in [-0.3, -0.25) is 0 Å². The van der Waals surface area contributed by atoms with E-state index in [0.29, 0.717) is 0 Å². The average molecular weight is 648 g/mol. The van der Waals surface area contributed by atoms with Crippen LogP contribution in [0.3, 0.4) is 0 Å². The maximum absolute atomic E-state index is 3.85. The van der Waals surface area contributed by atoms with Crippen molar-refractivity contribution in [2.24, 2.45) is 0 Å². The number of aryl methyl sites for hydroxylation is 2. The molecule has 0 spiro atoms. The molecule has 1 unspecified atom stereocenters. The van der Waals surface area contributed by atoms with Gasteiger partial charge in [-0.25, -0.2) is 0 Å². The van der Waals surface area contributed by atoms with Crippen LogP contribution < -0.4 is 35.3 Å². The van der Waals surface area contributed by atoms with Gasteiger partial charge in [0.15, 0.2) is 0 Å². The Hall–Kier alpha value is -2.96. The second-order valence-corrected chi connectivity index (χ2v) is 10.6. The van der Waals surface area contributed by atoms with E-state index in [-0.39, 0.29) is 56.9 Å². The Morgan fingerprint density at radius 2 is 1.27 bits per heavy atom. The first kappa shape index (κ1) is 31.0. The van der Waals surface area contributed by atoms with Crippen LogP contribution in [0.1, 0.15) is 56.0 Å². The number of hydrogen-bond donors (Lipinski definition) is 0. The summed E-state index contributed by atoms with van der Waals surface area (Å²) in [6.45, 7) is 6.65. The van der Waals surface area contributed by atoms with Gasteiger partial charge in [0, 0.05) is 5.92 Å². The smallest absolute Gasteiger partial charge is 1.00 e. The number of hydrogen-bond acceptors (Lipinski definition) is 0. The molecule has 0 heterocycles. The van der Waals surface area contributed by atoms with E-state index in [1.807, 2.05) is 0 Å². The molecular weight excluding hydrogens is 619 g/mol. The molecule has 1 atom stereocenters. The van der Waals surface area contributed by atoms with Crippen molar-refractivity contribution in [3.63, 3.8) is 0 Å². The normalized spacial score (nSPS) is 13.5. The molecule has 2 aliphatic rings. The predicted octanol–water partition coefficient (Wildman–Crippen LogP) is 1.71. The zero-order chi connectivity index (χ0) is 25.8. The van der Waals surface area contributed by atoms with Crippen molar-refractivity contribution < 1.29 is 51.0 Å². The molecule has 0 aliphatic heterocycles. The van der Waals surface area contributed by atoms with Crippen molar-refractivity contribution in [3.8, 4) is 11.1 Å². The fraction of sp³-hybridized carbons (Fsp3) is 0.105. The number of allylic oxidation sites excluding steroid dienone is 1. The summed E-state index contributed by atoms with van der Waals surface area (Å²) in [5, 5.41) is 2.54. The predicted molar refractivity (Wildman–Crippen MR) is 160 cm³/mol. The van der Waals surface area contributed by atoms with Crippen LogP contribution in [0.15, 0.2) is 109 Å². The fourth-order valence-corrected chi connectivity index (χ4v) is 6.29. The van der Waals surface area contributed by atoms with Gasteiger partial charge in [-0.1, -0.05) is 131 Å². The summed E-state index contributed by atoms with van der Waals surface area (Å²) < 4.78 is 0. The molecule has 2 aliphatic carbocycles. The maximum Gasteiger partial charge on any atom is 3.00 e. The first-order valence-corrected chi connectivity index (χ1v) is 13.4. The van der Waals surface area contributed by atoms with Crippen LogP contribution in [-0.4, -0.2) is 0 Å². The molecule has 0 saturated carbocycles. The molecule has 0 amide bonds. The van der Waals surface area contributed by atoms with Gasteiger partial charge in [0.1, 0.15) is 0 Å². The Morgan fingerprint density at radius 1 is 0.659 bits per heavy atom. The molecule has 1 radical (unpaired) electrons. The molecule has 41 heavy (non-hydrogen) atoms. The monoisotopic (exact) mass is 645 g/mol. The van der Waals surface area contributed by atoms with Gasteiger partial charge in [-0.15, -0.1) is 34.1 Å². The number of benzene rings is 5. The van der Waals surface area contributed by atoms with Crippen LogP contribution in [0.2, 0.25) is 0 Å². The van der Waals surface area contributed by atoms with E-state index in [1.54, 1.807) is 0 Å². The van der Waals surface area contributed by atoms with Crippen LogP contribution in [0.25, 0.3) is 28.9 Å². The van der Waals surface area contributed by atoms with Crippen LogP contribution in [-0.2, 0) is 26.2 Å². The molecule has 0 fully saturated rings. The molecule has 3 heteroatoms. The van der Waals surface area contributed by atoms with Crippen molar-refractivity contribution in [1.82, 2.24) is 0 Å². The van der Waals surface area contributed by atoms with E-state index < -0.39 is 0 Å². The summed E-state index contributed by atoms with van der Waals surface area (Å²) in [5.41, 5.74) is 15.5. The topological polar surface area (TPSA) is 0 Å². The molecule has 0 aromatic heterocycles. The third kappa shape index (κ3) is 5.37. The molecule has 0 saturated heterocycles. The van der Waals surface area contributed by atoms with Crippen LogP contribution in [0.5, 0.6) is 0 Å². The largest absolute Gasteiger partial charge is 3.00 e. The van der Waals surface area contributed by atoms with E-state index in [4.69, 9.17) is 0 Å². The van der Waals surface area contributed by atoms with Crippen molar-refractivity contribution in [2.45, 2.75) is 26.7 Å². The van der Waals surface area contributed by atoms with Gasteiger partial charge in [-0.05, 0) is 53.8 Å². The molecule has 0 N–H and O–H groups in total. The first-order chi connectivity index (χ1) is 18.6. The molecule has 0 bridgehead atoms. The summed E-state index contributed by atoms with van der Waals surface area (Å²) in [6.07, 6.45) is 8.54. The number of fused-ring (bicyclic) bond motifs is 4. The van der Waals surface area contributed by atoms with Crippen molar-refractivity contribution >= 4 is 17.7 Å². The quantitative estimate of drug-likeness (QED) is 0.257. The molecule has 7 rings (SSSR count). The molecular formula is C38H29Cl2Zr. The summed E-state index contributed by atoms with van der Waals surface area (Å²) in [7, 11) is 0. The standard InChI is InChI=1S/C38H29.2ClH.Zr/c1-24-14-17-31-29(20-24)16-19-33(31)37-26(3)34(23-35-32-18-15-25(2)21-30(32)22-36(35)37)38(27-10-6-4-7-11-27)28-12-8-5-9-13-28;;;/h4-21,23,33H,1-3H3;2*1H;/q-1;;;+3/p-2. The number of halogens is 2. The minimum atomic E-state index is 0. The minimum absolute atomic E-state index is 0. The number of rotatable bonds is 3. The second-order valence-electron chi connectivity index (χ2n) is 10.6. The minimum Gasteiger partial charge on any atom is -1.00 e. The molecule has 5 aromatic carbocycles. The molecule has 0 nitrogen and oxygen atoms in total. The second kappa shape index (κ2) is 12.5. The van der Waals surface area contributed by atoms with E-state index in [2.05, 4.69) is 142 Å². The third-order valence-electron chi connectivity index (χ3n) is 8.11. The van der Waals surface area contributed by atoms with Crippen LogP contribution in [0, 0.1) is 20.8 Å². The van der Waals surface area contributed by atoms with E-state index >= 15 is 0 Å². The average Bonchev–Trinajstić information content (AvgIpc) is 3.50. The zero-order valence-electron chi connectivity index (χ0n) is 23.3. The summed E-state index contributed by atoms with van der Waals surface area (Å²) in [6, 6.07) is 37.7. The molecule has 5 aromatic rings.